The zero-order valence-corrected chi connectivity index (χ0v) is 13.3. The molecule has 0 fully saturated rings. The van der Waals surface area contributed by atoms with Gasteiger partial charge in [0.05, 0.1) is 13.5 Å². The average molecular weight is 318 g/mol. The van der Waals surface area contributed by atoms with Crippen LogP contribution in [-0.4, -0.2) is 24.9 Å². The van der Waals surface area contributed by atoms with Crippen molar-refractivity contribution >= 4 is 29.2 Å². The Bertz CT molecular complexity index is 598. The molecule has 2 amide bonds. The van der Waals surface area contributed by atoms with Crippen molar-refractivity contribution in [2.75, 3.05) is 17.7 Å². The van der Waals surface area contributed by atoms with Crippen LogP contribution in [0.4, 0.5) is 11.4 Å². The summed E-state index contributed by atoms with van der Waals surface area (Å²) in [4.78, 5) is 34.1. The van der Waals surface area contributed by atoms with E-state index in [0.717, 1.165) is 42.6 Å². The number of rotatable bonds is 8. The largest absolute Gasteiger partial charge is 0.469 e. The number of hydrogen-bond acceptors (Lipinski definition) is 4. The third-order valence-electron chi connectivity index (χ3n) is 3.78. The smallest absolute Gasteiger partial charge is 0.305 e. The Kier molecular flexibility index (Phi) is 6.14. The summed E-state index contributed by atoms with van der Waals surface area (Å²) >= 11 is 0. The Labute approximate surface area is 135 Å². The quantitative estimate of drug-likeness (QED) is 0.570. The Morgan fingerprint density at radius 1 is 1.17 bits per heavy atom. The Balaban J connectivity index is 1.65. The molecule has 0 spiro atoms. The molecule has 0 radical (unpaired) electrons. The predicted molar refractivity (Wildman–Crippen MR) is 87.1 cm³/mol. The van der Waals surface area contributed by atoms with Gasteiger partial charge in [0, 0.05) is 24.2 Å². The molecule has 6 nitrogen and oxygen atoms in total. The first kappa shape index (κ1) is 17.0. The third-order valence-corrected chi connectivity index (χ3v) is 3.78. The topological polar surface area (TPSA) is 84.5 Å². The maximum atomic E-state index is 11.9. The number of methoxy groups -OCH3 is 1. The van der Waals surface area contributed by atoms with Crippen molar-refractivity contribution in [1.82, 2.24) is 0 Å². The van der Waals surface area contributed by atoms with Gasteiger partial charge in [0.15, 0.2) is 0 Å². The van der Waals surface area contributed by atoms with E-state index in [1.807, 2.05) is 12.1 Å². The van der Waals surface area contributed by atoms with Gasteiger partial charge in [-0.05, 0) is 36.6 Å². The van der Waals surface area contributed by atoms with Crippen LogP contribution in [-0.2, 0) is 25.5 Å². The molecule has 23 heavy (non-hydrogen) atoms. The summed E-state index contributed by atoms with van der Waals surface area (Å²) in [6, 6.07) is 5.43. The molecular weight excluding hydrogens is 296 g/mol. The van der Waals surface area contributed by atoms with Crippen LogP contribution in [0.3, 0.4) is 0 Å². The van der Waals surface area contributed by atoms with Gasteiger partial charge in [-0.2, -0.15) is 0 Å². The molecule has 0 unspecified atom stereocenters. The van der Waals surface area contributed by atoms with Crippen LogP contribution in [0.15, 0.2) is 18.2 Å². The van der Waals surface area contributed by atoms with E-state index in [1.165, 1.54) is 7.11 Å². The molecule has 124 valence electrons. The number of esters is 1. The van der Waals surface area contributed by atoms with Crippen molar-refractivity contribution in [2.24, 2.45) is 0 Å². The van der Waals surface area contributed by atoms with Crippen molar-refractivity contribution in [1.29, 1.82) is 0 Å². The number of ether oxygens (including phenoxy) is 1. The van der Waals surface area contributed by atoms with Gasteiger partial charge in [0.25, 0.3) is 0 Å². The molecule has 2 N–H and O–H groups in total. The normalized spacial score (nSPS) is 12.5. The predicted octanol–water partition coefficient (Wildman–Crippen LogP) is 2.63. The molecule has 1 aliphatic heterocycles. The van der Waals surface area contributed by atoms with Crippen LogP contribution in [0.1, 0.15) is 44.1 Å². The fourth-order valence-corrected chi connectivity index (χ4v) is 2.54. The van der Waals surface area contributed by atoms with Crippen LogP contribution in [0.2, 0.25) is 0 Å². The third kappa shape index (κ3) is 5.39. The highest BCUT2D eigenvalue weighted by Gasteiger charge is 2.17. The fourth-order valence-electron chi connectivity index (χ4n) is 2.54. The molecule has 1 heterocycles. The van der Waals surface area contributed by atoms with E-state index in [4.69, 9.17) is 0 Å². The average Bonchev–Trinajstić information content (AvgIpc) is 2.89. The number of carbonyl (C=O) groups excluding carboxylic acids is 3. The number of fused-ring (bicyclic) bond motifs is 1. The first-order valence-corrected chi connectivity index (χ1v) is 7.88. The minimum Gasteiger partial charge on any atom is -0.469 e. The van der Waals surface area contributed by atoms with Crippen molar-refractivity contribution in [3.63, 3.8) is 0 Å². The lowest BCUT2D eigenvalue weighted by Crippen LogP contribution is -2.11. The van der Waals surface area contributed by atoms with Crippen molar-refractivity contribution < 1.29 is 19.1 Å². The summed E-state index contributed by atoms with van der Waals surface area (Å²) in [6.45, 7) is 0. The van der Waals surface area contributed by atoms with E-state index >= 15 is 0 Å². The number of nitrogens with one attached hydrogen (secondary N) is 2. The van der Waals surface area contributed by atoms with Gasteiger partial charge in [0.1, 0.15) is 0 Å². The van der Waals surface area contributed by atoms with Crippen LogP contribution >= 0.6 is 0 Å². The van der Waals surface area contributed by atoms with Gasteiger partial charge in [-0.3, -0.25) is 14.4 Å². The van der Waals surface area contributed by atoms with E-state index in [9.17, 15) is 14.4 Å². The number of benzene rings is 1. The lowest BCUT2D eigenvalue weighted by Gasteiger charge is -2.07. The molecule has 0 bridgehead atoms. The standard InChI is InChI=1S/C17H22N2O4/c1-23-17(22)7-5-3-2-4-6-15(20)18-13-8-9-14-12(10-13)11-16(21)19-14/h8-10H,2-7,11H2,1H3,(H,18,20)(H,19,21). The minimum atomic E-state index is -0.188. The monoisotopic (exact) mass is 318 g/mol. The maximum absolute atomic E-state index is 11.9. The molecular formula is C17H22N2O4. The molecule has 0 saturated heterocycles. The second kappa shape index (κ2) is 8.31. The highest BCUT2D eigenvalue weighted by atomic mass is 16.5. The molecule has 1 aromatic carbocycles. The zero-order valence-electron chi connectivity index (χ0n) is 13.3. The first-order valence-electron chi connectivity index (χ1n) is 7.88. The Morgan fingerprint density at radius 2 is 1.91 bits per heavy atom. The van der Waals surface area contributed by atoms with E-state index in [0.29, 0.717) is 19.3 Å². The fraction of sp³-hybridized carbons (Fsp3) is 0.471. The van der Waals surface area contributed by atoms with Crippen molar-refractivity contribution in [3.8, 4) is 0 Å². The molecule has 1 aliphatic rings. The molecule has 0 aromatic heterocycles. The van der Waals surface area contributed by atoms with Crippen LogP contribution < -0.4 is 10.6 Å². The van der Waals surface area contributed by atoms with Crippen LogP contribution in [0, 0.1) is 0 Å². The summed E-state index contributed by atoms with van der Waals surface area (Å²) in [5.41, 5.74) is 2.45. The number of unbranched alkanes of at least 4 members (excludes halogenated alkanes) is 3. The van der Waals surface area contributed by atoms with Crippen molar-refractivity contribution in [2.45, 2.75) is 44.9 Å². The lowest BCUT2D eigenvalue weighted by molar-refractivity contribution is -0.140. The van der Waals surface area contributed by atoms with E-state index < -0.39 is 0 Å². The van der Waals surface area contributed by atoms with E-state index in [-0.39, 0.29) is 17.8 Å². The highest BCUT2D eigenvalue weighted by Crippen LogP contribution is 2.26. The summed E-state index contributed by atoms with van der Waals surface area (Å²) in [5.74, 6) is -0.238. The maximum Gasteiger partial charge on any atom is 0.305 e. The Morgan fingerprint density at radius 3 is 2.65 bits per heavy atom. The molecule has 0 saturated carbocycles. The first-order chi connectivity index (χ1) is 11.1. The zero-order chi connectivity index (χ0) is 16.7. The van der Waals surface area contributed by atoms with Gasteiger partial charge in [-0.1, -0.05) is 12.8 Å². The molecule has 2 rings (SSSR count). The highest BCUT2D eigenvalue weighted by molar-refractivity contribution is 6.00. The number of amides is 2. The Hall–Kier alpha value is -2.37. The summed E-state index contributed by atoms with van der Waals surface area (Å²) in [5, 5.41) is 5.61. The number of hydrogen-bond donors (Lipinski definition) is 2. The lowest BCUT2D eigenvalue weighted by atomic mass is 10.1. The molecule has 0 aliphatic carbocycles. The van der Waals surface area contributed by atoms with Crippen LogP contribution in [0.5, 0.6) is 0 Å². The summed E-state index contributed by atoms with van der Waals surface area (Å²) in [7, 11) is 1.39. The number of anilines is 2. The van der Waals surface area contributed by atoms with Crippen LogP contribution in [0.25, 0.3) is 0 Å². The van der Waals surface area contributed by atoms with Gasteiger partial charge in [-0.15, -0.1) is 0 Å². The van der Waals surface area contributed by atoms with Gasteiger partial charge < -0.3 is 15.4 Å². The summed E-state index contributed by atoms with van der Waals surface area (Å²) in [6.07, 6.45) is 4.65. The van der Waals surface area contributed by atoms with E-state index in [1.54, 1.807) is 6.07 Å². The number of carbonyl (C=O) groups is 3. The molecule has 6 heteroatoms. The minimum absolute atomic E-state index is 0.0181. The second-order valence-corrected chi connectivity index (χ2v) is 5.64. The van der Waals surface area contributed by atoms with Gasteiger partial charge >= 0.3 is 5.97 Å². The van der Waals surface area contributed by atoms with Gasteiger partial charge in [-0.25, -0.2) is 0 Å². The SMILES string of the molecule is COC(=O)CCCCCCC(=O)Nc1ccc2c(c1)CC(=O)N2. The second-order valence-electron chi connectivity index (χ2n) is 5.64. The molecule has 1 aromatic rings. The summed E-state index contributed by atoms with van der Waals surface area (Å²) < 4.78 is 4.57. The van der Waals surface area contributed by atoms with Gasteiger partial charge in [0.2, 0.25) is 11.8 Å². The van der Waals surface area contributed by atoms with Crippen molar-refractivity contribution in [3.05, 3.63) is 23.8 Å². The van der Waals surface area contributed by atoms with E-state index in [2.05, 4.69) is 15.4 Å². The molecule has 0 atom stereocenters.